The van der Waals surface area contributed by atoms with Crippen LogP contribution in [-0.2, 0) is 13.0 Å². The Hall–Kier alpha value is -2.37. The zero-order valence-corrected chi connectivity index (χ0v) is 12.7. The fourth-order valence-corrected chi connectivity index (χ4v) is 2.08. The average Bonchev–Trinajstić information content (AvgIpc) is 2.53. The van der Waals surface area contributed by atoms with Gasteiger partial charge in [0.25, 0.3) is 0 Å². The lowest BCUT2D eigenvalue weighted by molar-refractivity contribution is 0.397. The number of pyridine rings is 1. The van der Waals surface area contributed by atoms with Crippen LogP contribution < -0.4 is 15.4 Å². The van der Waals surface area contributed by atoms with Gasteiger partial charge in [0.15, 0.2) is 0 Å². The molecule has 0 aromatic carbocycles. The summed E-state index contributed by atoms with van der Waals surface area (Å²) in [4.78, 5) is 12.7. The van der Waals surface area contributed by atoms with Gasteiger partial charge in [0, 0.05) is 30.9 Å². The molecule has 0 fully saturated rings. The predicted molar refractivity (Wildman–Crippen MR) is 83.7 cm³/mol. The molecule has 6 nitrogen and oxygen atoms in total. The number of hydrogen-bond donors (Lipinski definition) is 2. The molecule has 112 valence electrons. The van der Waals surface area contributed by atoms with Crippen molar-refractivity contribution in [2.24, 2.45) is 0 Å². The molecule has 21 heavy (non-hydrogen) atoms. The maximum absolute atomic E-state index is 5.13. The molecule has 2 heterocycles. The van der Waals surface area contributed by atoms with Gasteiger partial charge >= 0.3 is 0 Å². The summed E-state index contributed by atoms with van der Waals surface area (Å²) in [6.45, 7) is 5.65. The summed E-state index contributed by atoms with van der Waals surface area (Å²) in [7, 11) is 1.61. The second-order valence-electron chi connectivity index (χ2n) is 4.49. The van der Waals surface area contributed by atoms with Crippen molar-refractivity contribution in [2.75, 3.05) is 24.3 Å². The van der Waals surface area contributed by atoms with E-state index in [2.05, 4.69) is 39.4 Å². The highest BCUT2D eigenvalue weighted by Gasteiger charge is 2.09. The zero-order valence-electron chi connectivity index (χ0n) is 12.7. The van der Waals surface area contributed by atoms with Crippen molar-refractivity contribution >= 4 is 11.6 Å². The van der Waals surface area contributed by atoms with E-state index in [-0.39, 0.29) is 0 Å². The van der Waals surface area contributed by atoms with E-state index < -0.39 is 0 Å². The second-order valence-corrected chi connectivity index (χ2v) is 4.49. The largest absolute Gasteiger partial charge is 0.481 e. The number of hydrogen-bond acceptors (Lipinski definition) is 6. The zero-order chi connectivity index (χ0) is 15.1. The van der Waals surface area contributed by atoms with Crippen molar-refractivity contribution in [2.45, 2.75) is 26.8 Å². The van der Waals surface area contributed by atoms with Gasteiger partial charge in [0.2, 0.25) is 5.88 Å². The van der Waals surface area contributed by atoms with E-state index in [4.69, 9.17) is 4.74 Å². The van der Waals surface area contributed by atoms with Crippen LogP contribution in [0.4, 0.5) is 11.6 Å². The summed E-state index contributed by atoms with van der Waals surface area (Å²) in [5.74, 6) is 2.37. The second kappa shape index (κ2) is 7.42. The summed E-state index contributed by atoms with van der Waals surface area (Å²) < 4.78 is 5.13. The van der Waals surface area contributed by atoms with E-state index in [0.29, 0.717) is 12.4 Å². The first-order valence-corrected chi connectivity index (χ1v) is 7.09. The van der Waals surface area contributed by atoms with Crippen LogP contribution >= 0.6 is 0 Å². The number of methoxy groups -OCH3 is 1. The van der Waals surface area contributed by atoms with E-state index in [1.807, 2.05) is 12.1 Å². The van der Waals surface area contributed by atoms with Gasteiger partial charge < -0.3 is 15.4 Å². The first kappa shape index (κ1) is 15.0. The third kappa shape index (κ3) is 3.81. The highest BCUT2D eigenvalue weighted by Crippen LogP contribution is 2.21. The van der Waals surface area contributed by atoms with Crippen molar-refractivity contribution in [3.8, 4) is 5.88 Å². The quantitative estimate of drug-likeness (QED) is 0.815. The van der Waals surface area contributed by atoms with Crippen molar-refractivity contribution in [1.82, 2.24) is 15.0 Å². The minimum absolute atomic E-state index is 0.612. The molecule has 0 unspecified atom stereocenters. The molecule has 0 aliphatic rings. The maximum atomic E-state index is 5.13. The Balaban J connectivity index is 2.13. The van der Waals surface area contributed by atoms with Gasteiger partial charge in [-0.25, -0.2) is 15.0 Å². The molecule has 0 saturated carbocycles. The lowest BCUT2D eigenvalue weighted by Crippen LogP contribution is -2.09. The first-order chi connectivity index (χ1) is 10.3. The van der Waals surface area contributed by atoms with E-state index in [0.717, 1.165) is 35.7 Å². The number of nitrogens with one attached hydrogen (secondary N) is 2. The normalized spacial score (nSPS) is 10.2. The van der Waals surface area contributed by atoms with Gasteiger partial charge in [-0.15, -0.1) is 0 Å². The van der Waals surface area contributed by atoms with Gasteiger partial charge in [-0.2, -0.15) is 0 Å². The standard InChI is InChI=1S/C15H21N5O/c1-4-12-14(16-5-2)19-10-20-15(12)18-9-11-6-7-17-13(8-11)21-3/h6-8,10H,4-5,9H2,1-3H3,(H2,16,18,19,20). The Labute approximate surface area is 125 Å². The van der Waals surface area contributed by atoms with Gasteiger partial charge in [-0.3, -0.25) is 0 Å². The van der Waals surface area contributed by atoms with E-state index >= 15 is 0 Å². The highest BCUT2D eigenvalue weighted by molar-refractivity contribution is 5.57. The van der Waals surface area contributed by atoms with Crippen LogP contribution in [0.5, 0.6) is 5.88 Å². The van der Waals surface area contributed by atoms with Crippen molar-refractivity contribution in [3.63, 3.8) is 0 Å². The molecule has 0 amide bonds. The number of nitrogens with zero attached hydrogens (tertiary/aromatic N) is 3. The lowest BCUT2D eigenvalue weighted by Gasteiger charge is -2.13. The summed E-state index contributed by atoms with van der Waals surface area (Å²) in [6.07, 6.45) is 4.18. The van der Waals surface area contributed by atoms with Gasteiger partial charge in [0.05, 0.1) is 7.11 Å². The topological polar surface area (TPSA) is 72.0 Å². The van der Waals surface area contributed by atoms with E-state index in [1.165, 1.54) is 0 Å². The molecule has 0 saturated heterocycles. The lowest BCUT2D eigenvalue weighted by atomic mass is 10.2. The predicted octanol–water partition coefficient (Wildman–Crippen LogP) is 2.49. The van der Waals surface area contributed by atoms with Crippen molar-refractivity contribution in [1.29, 1.82) is 0 Å². The Morgan fingerprint density at radius 3 is 2.52 bits per heavy atom. The minimum Gasteiger partial charge on any atom is -0.481 e. The number of rotatable bonds is 7. The van der Waals surface area contributed by atoms with Crippen LogP contribution in [0.2, 0.25) is 0 Å². The summed E-state index contributed by atoms with van der Waals surface area (Å²) in [5.41, 5.74) is 2.19. The third-order valence-corrected chi connectivity index (χ3v) is 3.11. The molecule has 0 atom stereocenters. The van der Waals surface area contributed by atoms with Crippen LogP contribution in [0.1, 0.15) is 25.0 Å². The summed E-state index contributed by atoms with van der Waals surface area (Å²) >= 11 is 0. The molecule has 2 rings (SSSR count). The molecule has 0 aliphatic heterocycles. The van der Waals surface area contributed by atoms with Crippen molar-refractivity contribution < 1.29 is 4.74 Å². The van der Waals surface area contributed by atoms with Crippen LogP contribution in [0.3, 0.4) is 0 Å². The molecule has 0 bridgehead atoms. The first-order valence-electron chi connectivity index (χ1n) is 7.09. The third-order valence-electron chi connectivity index (χ3n) is 3.11. The Morgan fingerprint density at radius 1 is 1.10 bits per heavy atom. The van der Waals surface area contributed by atoms with Gasteiger partial charge in [-0.1, -0.05) is 6.92 Å². The van der Waals surface area contributed by atoms with Crippen LogP contribution in [0.15, 0.2) is 24.7 Å². The van der Waals surface area contributed by atoms with Crippen molar-refractivity contribution in [3.05, 3.63) is 35.8 Å². The van der Waals surface area contributed by atoms with Crippen LogP contribution in [0.25, 0.3) is 0 Å². The molecule has 6 heteroatoms. The molecule has 2 aromatic rings. The Bertz CT molecular complexity index is 588. The average molecular weight is 287 g/mol. The summed E-state index contributed by atoms with van der Waals surface area (Å²) in [5, 5.41) is 6.62. The number of ether oxygens (including phenoxy) is 1. The summed E-state index contributed by atoms with van der Waals surface area (Å²) in [6, 6.07) is 3.86. The molecule has 2 aromatic heterocycles. The molecule has 0 spiro atoms. The fraction of sp³-hybridized carbons (Fsp3) is 0.400. The molecule has 2 N–H and O–H groups in total. The van der Waals surface area contributed by atoms with E-state index in [1.54, 1.807) is 19.6 Å². The molecule has 0 radical (unpaired) electrons. The Morgan fingerprint density at radius 2 is 1.86 bits per heavy atom. The highest BCUT2D eigenvalue weighted by atomic mass is 16.5. The number of anilines is 2. The Kier molecular flexibility index (Phi) is 5.31. The molecular weight excluding hydrogens is 266 g/mol. The SMILES string of the molecule is CCNc1ncnc(NCc2ccnc(OC)c2)c1CC. The van der Waals surface area contributed by atoms with Gasteiger partial charge in [-0.05, 0) is 25.0 Å². The molecule has 0 aliphatic carbocycles. The van der Waals surface area contributed by atoms with Crippen LogP contribution in [-0.4, -0.2) is 28.6 Å². The fourth-order valence-electron chi connectivity index (χ4n) is 2.08. The minimum atomic E-state index is 0.612. The van der Waals surface area contributed by atoms with Crippen LogP contribution in [0, 0.1) is 0 Å². The monoisotopic (exact) mass is 287 g/mol. The number of aromatic nitrogens is 3. The maximum Gasteiger partial charge on any atom is 0.213 e. The van der Waals surface area contributed by atoms with E-state index in [9.17, 15) is 0 Å². The van der Waals surface area contributed by atoms with Gasteiger partial charge in [0.1, 0.15) is 18.0 Å². The molecular formula is C15H21N5O. The smallest absolute Gasteiger partial charge is 0.213 e.